The highest BCUT2D eigenvalue weighted by Gasteiger charge is 2.26. The summed E-state index contributed by atoms with van der Waals surface area (Å²) in [5.41, 5.74) is 0.172. The van der Waals surface area contributed by atoms with E-state index in [1.807, 2.05) is 24.3 Å². The molecule has 1 fully saturated rings. The van der Waals surface area contributed by atoms with Gasteiger partial charge in [0.25, 0.3) is 0 Å². The van der Waals surface area contributed by atoms with E-state index >= 15 is 0 Å². The number of fused-ring (bicyclic) bond motifs is 1. The molecular weight excluding hydrogens is 268 g/mol. The highest BCUT2D eigenvalue weighted by Crippen LogP contribution is 2.31. The highest BCUT2D eigenvalue weighted by molar-refractivity contribution is 6.06. The Hall–Kier alpha value is -2.07. The summed E-state index contributed by atoms with van der Waals surface area (Å²) in [6.45, 7) is 0. The van der Waals surface area contributed by atoms with Gasteiger partial charge in [0.2, 0.25) is 0 Å². The molecule has 2 unspecified atom stereocenters. The van der Waals surface area contributed by atoms with Crippen LogP contribution in [0, 0.1) is 0 Å². The Kier molecular flexibility index (Phi) is 3.80. The first-order valence-corrected chi connectivity index (χ1v) is 7.26. The fraction of sp³-hybridized carbons (Fsp3) is 0.353. The average Bonchev–Trinajstić information content (AvgIpc) is 2.49. The van der Waals surface area contributed by atoms with Gasteiger partial charge >= 0.3 is 5.97 Å². The van der Waals surface area contributed by atoms with Crippen molar-refractivity contribution >= 4 is 16.7 Å². The number of hydrogen-bond donors (Lipinski definition) is 2. The summed E-state index contributed by atoms with van der Waals surface area (Å²) in [6.07, 6.45) is 2.61. The van der Waals surface area contributed by atoms with Gasteiger partial charge in [0.15, 0.2) is 0 Å². The van der Waals surface area contributed by atoms with Crippen molar-refractivity contribution in [3.05, 3.63) is 42.0 Å². The minimum atomic E-state index is -1.01. The van der Waals surface area contributed by atoms with Crippen LogP contribution >= 0.6 is 0 Å². The maximum absolute atomic E-state index is 11.6. The molecule has 0 aliphatic heterocycles. The van der Waals surface area contributed by atoms with Crippen molar-refractivity contribution in [1.29, 1.82) is 0 Å². The molecule has 1 aliphatic carbocycles. The predicted molar refractivity (Wildman–Crippen MR) is 79.8 cm³/mol. The van der Waals surface area contributed by atoms with Crippen LogP contribution in [0.3, 0.4) is 0 Å². The summed E-state index contributed by atoms with van der Waals surface area (Å²) >= 11 is 0. The zero-order valence-electron chi connectivity index (χ0n) is 11.7. The molecule has 3 rings (SSSR count). The van der Waals surface area contributed by atoms with Crippen LogP contribution in [0.4, 0.5) is 0 Å². The molecule has 0 bridgehead atoms. The van der Waals surface area contributed by atoms with Gasteiger partial charge in [-0.25, -0.2) is 4.79 Å². The number of hydrogen-bond acceptors (Lipinski definition) is 3. The van der Waals surface area contributed by atoms with Gasteiger partial charge in [-0.05, 0) is 36.1 Å². The number of carbonyl (C=O) groups is 1. The Labute approximate surface area is 123 Å². The highest BCUT2D eigenvalue weighted by atomic mass is 16.5. The quantitative estimate of drug-likeness (QED) is 0.909. The molecule has 0 spiro atoms. The van der Waals surface area contributed by atoms with Crippen LogP contribution in [-0.2, 0) is 0 Å². The maximum Gasteiger partial charge on any atom is 0.340 e. The zero-order chi connectivity index (χ0) is 14.8. The molecule has 2 aromatic rings. The number of carboxylic acid groups (broad SMARTS) is 1. The maximum atomic E-state index is 11.6. The molecule has 2 aromatic carbocycles. The van der Waals surface area contributed by atoms with Crippen molar-refractivity contribution in [2.75, 3.05) is 0 Å². The third kappa shape index (κ3) is 2.72. The third-order valence-electron chi connectivity index (χ3n) is 4.05. The summed E-state index contributed by atoms with van der Waals surface area (Å²) in [5.74, 6) is -0.667. The van der Waals surface area contributed by atoms with E-state index in [1.165, 1.54) is 0 Å². The summed E-state index contributed by atoms with van der Waals surface area (Å²) in [4.78, 5) is 11.6. The molecule has 0 aromatic heterocycles. The van der Waals surface area contributed by atoms with E-state index in [2.05, 4.69) is 0 Å². The average molecular weight is 286 g/mol. The van der Waals surface area contributed by atoms with Gasteiger partial charge in [0.05, 0.1) is 6.10 Å². The Balaban J connectivity index is 2.01. The van der Waals surface area contributed by atoms with E-state index in [9.17, 15) is 15.0 Å². The van der Waals surface area contributed by atoms with E-state index in [4.69, 9.17) is 4.74 Å². The summed E-state index contributed by atoms with van der Waals surface area (Å²) in [7, 11) is 0. The number of rotatable bonds is 3. The molecule has 4 nitrogen and oxygen atoms in total. The van der Waals surface area contributed by atoms with Gasteiger partial charge in [0, 0.05) is 0 Å². The predicted octanol–water partition coefficient (Wildman–Crippen LogP) is 3.22. The second-order valence-corrected chi connectivity index (χ2v) is 5.47. The van der Waals surface area contributed by atoms with Crippen molar-refractivity contribution in [3.8, 4) is 5.75 Å². The van der Waals surface area contributed by atoms with Gasteiger partial charge < -0.3 is 14.9 Å². The molecule has 2 atom stereocenters. The van der Waals surface area contributed by atoms with E-state index in [1.54, 1.807) is 12.1 Å². The third-order valence-corrected chi connectivity index (χ3v) is 4.05. The van der Waals surface area contributed by atoms with E-state index < -0.39 is 12.1 Å². The molecule has 4 heteroatoms. The van der Waals surface area contributed by atoms with E-state index in [-0.39, 0.29) is 11.7 Å². The first kappa shape index (κ1) is 13.9. The van der Waals surface area contributed by atoms with Crippen molar-refractivity contribution < 1.29 is 19.7 Å². The molecule has 1 aliphatic rings. The molecule has 110 valence electrons. The monoisotopic (exact) mass is 286 g/mol. The molecule has 21 heavy (non-hydrogen) atoms. The van der Waals surface area contributed by atoms with Crippen LogP contribution in [0.15, 0.2) is 36.4 Å². The minimum Gasteiger partial charge on any atom is -0.487 e. The first-order valence-electron chi connectivity index (χ1n) is 7.26. The van der Waals surface area contributed by atoms with Crippen molar-refractivity contribution in [2.24, 2.45) is 0 Å². The Bertz CT molecular complexity index is 665. The van der Waals surface area contributed by atoms with Crippen LogP contribution in [0.2, 0.25) is 0 Å². The van der Waals surface area contributed by atoms with Crippen LogP contribution in [0.5, 0.6) is 5.75 Å². The van der Waals surface area contributed by atoms with Gasteiger partial charge in [-0.3, -0.25) is 0 Å². The molecule has 2 N–H and O–H groups in total. The second-order valence-electron chi connectivity index (χ2n) is 5.47. The van der Waals surface area contributed by atoms with Gasteiger partial charge in [-0.1, -0.05) is 36.8 Å². The smallest absolute Gasteiger partial charge is 0.340 e. The topological polar surface area (TPSA) is 66.8 Å². The number of ether oxygens (including phenoxy) is 1. The lowest BCUT2D eigenvalue weighted by atomic mass is 9.94. The second kappa shape index (κ2) is 5.74. The molecule has 1 saturated carbocycles. The van der Waals surface area contributed by atoms with Crippen molar-refractivity contribution in [2.45, 2.75) is 37.9 Å². The lowest BCUT2D eigenvalue weighted by molar-refractivity contribution is 0.00616. The molecule has 0 radical (unpaired) electrons. The van der Waals surface area contributed by atoms with Crippen molar-refractivity contribution in [3.63, 3.8) is 0 Å². The molecular formula is C17H18O4. The number of aliphatic hydroxyl groups is 1. The fourth-order valence-electron chi connectivity index (χ4n) is 2.95. The van der Waals surface area contributed by atoms with Crippen LogP contribution in [0.1, 0.15) is 36.0 Å². The normalized spacial score (nSPS) is 22.1. The minimum absolute atomic E-state index is 0.172. The SMILES string of the molecule is O=C(O)c1c(OC2CCCCC2O)ccc2ccccc12. The summed E-state index contributed by atoms with van der Waals surface area (Å²) in [5, 5.41) is 21.0. The van der Waals surface area contributed by atoms with Crippen LogP contribution < -0.4 is 4.74 Å². The standard InChI is InChI=1S/C17H18O4/c18-13-7-3-4-8-14(13)21-15-10-9-11-5-1-2-6-12(11)16(15)17(19)20/h1-2,5-6,9-10,13-14,18H,3-4,7-8H2,(H,19,20). The number of carboxylic acids is 1. The van der Waals surface area contributed by atoms with Crippen LogP contribution in [-0.4, -0.2) is 28.4 Å². The van der Waals surface area contributed by atoms with Gasteiger partial charge in [0.1, 0.15) is 17.4 Å². The Morgan fingerprint density at radius 1 is 1.10 bits per heavy atom. The first-order chi connectivity index (χ1) is 10.2. The molecule has 0 saturated heterocycles. The Morgan fingerprint density at radius 3 is 2.62 bits per heavy atom. The summed E-state index contributed by atoms with van der Waals surface area (Å²) < 4.78 is 5.84. The molecule has 0 amide bonds. The number of aliphatic hydroxyl groups excluding tert-OH is 1. The number of benzene rings is 2. The van der Waals surface area contributed by atoms with E-state index in [0.717, 1.165) is 24.6 Å². The molecule has 0 heterocycles. The Morgan fingerprint density at radius 2 is 1.86 bits per heavy atom. The lowest BCUT2D eigenvalue weighted by Crippen LogP contribution is -2.35. The van der Waals surface area contributed by atoms with Gasteiger partial charge in [-0.15, -0.1) is 0 Å². The number of aromatic carboxylic acids is 1. The zero-order valence-corrected chi connectivity index (χ0v) is 11.7. The fourth-order valence-corrected chi connectivity index (χ4v) is 2.95. The summed E-state index contributed by atoms with van der Waals surface area (Å²) in [6, 6.07) is 10.9. The lowest BCUT2D eigenvalue weighted by Gasteiger charge is -2.28. The van der Waals surface area contributed by atoms with Crippen molar-refractivity contribution in [1.82, 2.24) is 0 Å². The van der Waals surface area contributed by atoms with Crippen LogP contribution in [0.25, 0.3) is 10.8 Å². The van der Waals surface area contributed by atoms with Gasteiger partial charge in [-0.2, -0.15) is 0 Å². The largest absolute Gasteiger partial charge is 0.487 e. The van der Waals surface area contributed by atoms with E-state index in [0.29, 0.717) is 17.6 Å².